The van der Waals surface area contributed by atoms with Gasteiger partial charge in [0.1, 0.15) is 0 Å². The highest BCUT2D eigenvalue weighted by molar-refractivity contribution is 7.09. The fourth-order valence-corrected chi connectivity index (χ4v) is 1.95. The summed E-state index contributed by atoms with van der Waals surface area (Å²) < 4.78 is 1.80. The van der Waals surface area contributed by atoms with Gasteiger partial charge in [0.15, 0.2) is 0 Å². The van der Waals surface area contributed by atoms with Crippen LogP contribution in [0.2, 0.25) is 0 Å². The van der Waals surface area contributed by atoms with Crippen molar-refractivity contribution in [3.63, 3.8) is 0 Å². The lowest BCUT2D eigenvalue weighted by Crippen LogP contribution is -2.00. The quantitative estimate of drug-likeness (QED) is 0.832. The third kappa shape index (κ3) is 1.93. The van der Waals surface area contributed by atoms with Crippen LogP contribution in [0, 0.1) is 0 Å². The Morgan fingerprint density at radius 2 is 2.43 bits per heavy atom. The summed E-state index contributed by atoms with van der Waals surface area (Å²) in [5, 5.41) is 7.34. The highest BCUT2D eigenvalue weighted by atomic mass is 32.1. The first-order valence-corrected chi connectivity index (χ1v) is 5.37. The van der Waals surface area contributed by atoms with Gasteiger partial charge in [-0.25, -0.2) is 4.98 Å². The van der Waals surface area contributed by atoms with Crippen molar-refractivity contribution in [2.75, 3.05) is 5.73 Å². The number of nitrogen functional groups attached to an aromatic ring is 1. The third-order valence-corrected chi connectivity index (χ3v) is 2.92. The molecule has 0 atom stereocenters. The summed E-state index contributed by atoms with van der Waals surface area (Å²) in [7, 11) is 0. The van der Waals surface area contributed by atoms with Gasteiger partial charge in [-0.15, -0.1) is 11.3 Å². The van der Waals surface area contributed by atoms with E-state index >= 15 is 0 Å². The smallest absolute Gasteiger partial charge is 0.0926 e. The van der Waals surface area contributed by atoms with E-state index in [2.05, 4.69) is 22.4 Å². The van der Waals surface area contributed by atoms with Crippen LogP contribution in [0.25, 0.3) is 0 Å². The Balaban J connectivity index is 2.10. The average molecular weight is 208 g/mol. The van der Waals surface area contributed by atoms with Gasteiger partial charge in [-0.3, -0.25) is 4.68 Å². The SMILES string of the molecule is CCc1nc(Cn2cc(N)cn2)cs1. The van der Waals surface area contributed by atoms with Crippen molar-refractivity contribution in [2.24, 2.45) is 0 Å². The molecule has 2 aromatic rings. The lowest BCUT2D eigenvalue weighted by atomic mass is 10.4. The minimum absolute atomic E-state index is 0.691. The molecule has 2 heterocycles. The Labute approximate surface area is 86.4 Å². The van der Waals surface area contributed by atoms with Gasteiger partial charge >= 0.3 is 0 Å². The highest BCUT2D eigenvalue weighted by Crippen LogP contribution is 2.11. The van der Waals surface area contributed by atoms with Gasteiger partial charge in [0.25, 0.3) is 0 Å². The zero-order valence-corrected chi connectivity index (χ0v) is 8.79. The Hall–Kier alpha value is -1.36. The number of aromatic nitrogens is 3. The second-order valence-corrected chi connectivity index (χ2v) is 4.00. The third-order valence-electron chi connectivity index (χ3n) is 1.88. The molecule has 0 aliphatic heterocycles. The lowest BCUT2D eigenvalue weighted by molar-refractivity contribution is 0.674. The molecule has 0 saturated heterocycles. The first-order valence-electron chi connectivity index (χ1n) is 4.49. The molecule has 2 aromatic heterocycles. The summed E-state index contributed by atoms with van der Waals surface area (Å²) in [6, 6.07) is 0. The number of hydrogen-bond acceptors (Lipinski definition) is 4. The van der Waals surface area contributed by atoms with Gasteiger partial charge < -0.3 is 5.73 Å². The molecule has 0 bridgehead atoms. The van der Waals surface area contributed by atoms with Crippen LogP contribution in [0.15, 0.2) is 17.8 Å². The van der Waals surface area contributed by atoms with Crippen molar-refractivity contribution >= 4 is 17.0 Å². The predicted octanol–water partition coefficient (Wildman–Crippen LogP) is 1.53. The lowest BCUT2D eigenvalue weighted by Gasteiger charge is -1.95. The van der Waals surface area contributed by atoms with Gasteiger partial charge in [-0.2, -0.15) is 5.10 Å². The van der Waals surface area contributed by atoms with Crippen molar-refractivity contribution in [1.82, 2.24) is 14.8 Å². The van der Waals surface area contributed by atoms with Crippen molar-refractivity contribution in [3.8, 4) is 0 Å². The monoisotopic (exact) mass is 208 g/mol. The summed E-state index contributed by atoms with van der Waals surface area (Å²) in [4.78, 5) is 4.45. The van der Waals surface area contributed by atoms with Crippen molar-refractivity contribution in [2.45, 2.75) is 19.9 Å². The minimum Gasteiger partial charge on any atom is -0.396 e. The number of aryl methyl sites for hydroxylation is 1. The molecule has 2 rings (SSSR count). The van der Waals surface area contributed by atoms with Gasteiger partial charge in [-0.1, -0.05) is 6.92 Å². The first kappa shape index (κ1) is 9.21. The summed E-state index contributed by atoms with van der Waals surface area (Å²) in [6.07, 6.45) is 4.45. The molecule has 2 N–H and O–H groups in total. The van der Waals surface area contributed by atoms with Crippen LogP contribution in [-0.2, 0) is 13.0 Å². The van der Waals surface area contributed by atoms with Crippen LogP contribution < -0.4 is 5.73 Å². The molecule has 5 heteroatoms. The van der Waals surface area contributed by atoms with E-state index in [0.29, 0.717) is 12.2 Å². The number of hydrogen-bond donors (Lipinski definition) is 1. The molecule has 74 valence electrons. The maximum Gasteiger partial charge on any atom is 0.0926 e. The van der Waals surface area contributed by atoms with Gasteiger partial charge in [0.05, 0.1) is 29.1 Å². The Kier molecular flexibility index (Phi) is 2.49. The zero-order chi connectivity index (χ0) is 9.97. The molecule has 0 unspecified atom stereocenters. The molecule has 0 spiro atoms. The highest BCUT2D eigenvalue weighted by Gasteiger charge is 2.01. The van der Waals surface area contributed by atoms with E-state index in [9.17, 15) is 0 Å². The average Bonchev–Trinajstić information content (AvgIpc) is 2.76. The van der Waals surface area contributed by atoms with Gasteiger partial charge in [0.2, 0.25) is 0 Å². The standard InChI is InChI=1S/C9H12N4S/c1-2-9-12-8(6-14-9)5-13-4-7(10)3-11-13/h3-4,6H,2,5,10H2,1H3. The second kappa shape index (κ2) is 3.79. The zero-order valence-electron chi connectivity index (χ0n) is 7.97. The van der Waals surface area contributed by atoms with Crippen LogP contribution in [-0.4, -0.2) is 14.8 Å². The molecule has 0 aliphatic rings. The fraction of sp³-hybridized carbons (Fsp3) is 0.333. The second-order valence-electron chi connectivity index (χ2n) is 3.06. The Bertz CT molecular complexity index is 418. The minimum atomic E-state index is 0.691. The fourth-order valence-electron chi connectivity index (χ4n) is 1.22. The number of thiazole rings is 1. The van der Waals surface area contributed by atoms with E-state index < -0.39 is 0 Å². The molecular formula is C9H12N4S. The van der Waals surface area contributed by atoms with Gasteiger partial charge in [-0.05, 0) is 6.42 Å². The molecule has 0 aromatic carbocycles. The normalized spacial score (nSPS) is 10.6. The number of rotatable bonds is 3. The number of nitrogens with zero attached hydrogens (tertiary/aromatic N) is 3. The van der Waals surface area contributed by atoms with Crippen LogP contribution in [0.5, 0.6) is 0 Å². The van der Waals surface area contributed by atoms with E-state index in [1.165, 1.54) is 5.01 Å². The van der Waals surface area contributed by atoms with Crippen LogP contribution in [0.4, 0.5) is 5.69 Å². The summed E-state index contributed by atoms with van der Waals surface area (Å²) in [5.74, 6) is 0. The van der Waals surface area contributed by atoms with E-state index in [4.69, 9.17) is 5.73 Å². The maximum atomic E-state index is 5.56. The predicted molar refractivity (Wildman–Crippen MR) is 57.2 cm³/mol. The van der Waals surface area contributed by atoms with E-state index in [0.717, 1.165) is 12.1 Å². The van der Waals surface area contributed by atoms with Gasteiger partial charge in [0, 0.05) is 11.6 Å². The van der Waals surface area contributed by atoms with Crippen molar-refractivity contribution < 1.29 is 0 Å². The maximum absolute atomic E-state index is 5.56. The van der Waals surface area contributed by atoms with E-state index in [1.54, 1.807) is 22.2 Å². The molecular weight excluding hydrogens is 196 g/mol. The van der Waals surface area contributed by atoms with E-state index in [-0.39, 0.29) is 0 Å². The van der Waals surface area contributed by atoms with Crippen molar-refractivity contribution in [3.05, 3.63) is 28.5 Å². The summed E-state index contributed by atoms with van der Waals surface area (Å²) in [5.41, 5.74) is 7.30. The molecule has 0 fully saturated rings. The number of nitrogens with two attached hydrogens (primary N) is 1. The first-order chi connectivity index (χ1) is 6.78. The Morgan fingerprint density at radius 1 is 1.57 bits per heavy atom. The molecule has 0 radical (unpaired) electrons. The number of anilines is 1. The van der Waals surface area contributed by atoms with Crippen molar-refractivity contribution in [1.29, 1.82) is 0 Å². The molecule has 0 aliphatic carbocycles. The van der Waals surface area contributed by atoms with E-state index in [1.807, 2.05) is 6.20 Å². The molecule has 0 saturated carbocycles. The van der Waals surface area contributed by atoms with Crippen LogP contribution in [0.3, 0.4) is 0 Å². The summed E-state index contributed by atoms with van der Waals surface area (Å²) >= 11 is 1.69. The molecule has 14 heavy (non-hydrogen) atoms. The summed E-state index contributed by atoms with van der Waals surface area (Å²) in [6.45, 7) is 2.81. The van der Waals surface area contributed by atoms with Crippen LogP contribution >= 0.6 is 11.3 Å². The van der Waals surface area contributed by atoms with Crippen LogP contribution in [0.1, 0.15) is 17.6 Å². The Morgan fingerprint density at radius 3 is 3.00 bits per heavy atom. The molecule has 4 nitrogen and oxygen atoms in total. The largest absolute Gasteiger partial charge is 0.396 e. The molecule has 0 amide bonds. The topological polar surface area (TPSA) is 56.7 Å².